The lowest BCUT2D eigenvalue weighted by Crippen LogP contribution is -2.34. The molecular formula is C32H31N3O6. The van der Waals surface area contributed by atoms with Crippen LogP contribution in [0.15, 0.2) is 103 Å². The van der Waals surface area contributed by atoms with Crippen molar-refractivity contribution in [1.82, 2.24) is 5.32 Å². The fourth-order valence-electron chi connectivity index (χ4n) is 4.47. The van der Waals surface area contributed by atoms with Gasteiger partial charge >= 0.3 is 5.97 Å². The quantitative estimate of drug-likeness (QED) is 0.183. The Hall–Kier alpha value is -5.18. The number of nitrogens with one attached hydrogen (secondary N) is 1. The summed E-state index contributed by atoms with van der Waals surface area (Å²) in [5.74, 6) is -0.635. The second kappa shape index (κ2) is 12.8. The van der Waals surface area contributed by atoms with Crippen LogP contribution in [0.5, 0.6) is 5.75 Å². The minimum Gasteiger partial charge on any atom is -0.490 e. The Morgan fingerprint density at radius 1 is 1.15 bits per heavy atom. The van der Waals surface area contributed by atoms with E-state index in [0.29, 0.717) is 36.6 Å². The number of hydrogen-bond acceptors (Lipinski definition) is 6. The minimum atomic E-state index is -0.962. The zero-order valence-electron chi connectivity index (χ0n) is 22.9. The van der Waals surface area contributed by atoms with Crippen LogP contribution >= 0.6 is 0 Å². The summed E-state index contributed by atoms with van der Waals surface area (Å²) in [5, 5.41) is 23.4. The first-order valence-electron chi connectivity index (χ1n) is 13.1. The molecule has 0 aromatic heterocycles. The van der Waals surface area contributed by atoms with Gasteiger partial charge in [-0.15, -0.1) is 0 Å². The Morgan fingerprint density at radius 3 is 2.56 bits per heavy atom. The molecule has 1 aliphatic rings. The van der Waals surface area contributed by atoms with Crippen LogP contribution < -0.4 is 15.0 Å². The molecule has 3 aromatic rings. The average Bonchev–Trinajstić information content (AvgIpc) is 2.97. The van der Waals surface area contributed by atoms with Crippen molar-refractivity contribution >= 4 is 17.6 Å². The van der Waals surface area contributed by atoms with E-state index in [-0.39, 0.29) is 23.2 Å². The van der Waals surface area contributed by atoms with E-state index in [0.717, 1.165) is 22.4 Å². The van der Waals surface area contributed by atoms with Crippen LogP contribution in [0.2, 0.25) is 0 Å². The Kier molecular flexibility index (Phi) is 8.98. The van der Waals surface area contributed by atoms with Crippen molar-refractivity contribution in [3.63, 3.8) is 0 Å². The molecule has 0 aliphatic carbocycles. The van der Waals surface area contributed by atoms with Gasteiger partial charge in [-0.25, -0.2) is 4.79 Å². The molecule has 0 saturated carbocycles. The van der Waals surface area contributed by atoms with Gasteiger partial charge in [-0.05, 0) is 54.8 Å². The molecule has 0 unspecified atom stereocenters. The van der Waals surface area contributed by atoms with Crippen molar-refractivity contribution in [1.29, 1.82) is 0 Å². The lowest BCUT2D eigenvalue weighted by Gasteiger charge is -2.31. The van der Waals surface area contributed by atoms with Crippen LogP contribution in [-0.4, -0.2) is 41.1 Å². The van der Waals surface area contributed by atoms with E-state index in [1.54, 1.807) is 50.3 Å². The Morgan fingerprint density at radius 2 is 1.88 bits per heavy atom. The van der Waals surface area contributed by atoms with Crippen molar-refractivity contribution < 1.29 is 24.4 Å². The highest BCUT2D eigenvalue weighted by molar-refractivity contribution is 5.96. The van der Waals surface area contributed by atoms with Gasteiger partial charge in [0.25, 0.3) is 11.6 Å². The van der Waals surface area contributed by atoms with Crippen LogP contribution in [0.1, 0.15) is 40.1 Å². The molecule has 1 aliphatic heterocycles. The van der Waals surface area contributed by atoms with Gasteiger partial charge in [-0.1, -0.05) is 60.7 Å². The summed E-state index contributed by atoms with van der Waals surface area (Å²) in [4.78, 5) is 37.2. The lowest BCUT2D eigenvalue weighted by molar-refractivity contribution is -0.418. The van der Waals surface area contributed by atoms with Crippen LogP contribution in [0.25, 0.3) is 11.1 Å². The monoisotopic (exact) mass is 553 g/mol. The molecule has 41 heavy (non-hydrogen) atoms. The summed E-state index contributed by atoms with van der Waals surface area (Å²) in [5.41, 5.74) is 4.76. The summed E-state index contributed by atoms with van der Waals surface area (Å²) in [6.45, 7) is 8.79. The Balaban J connectivity index is 1.45. The number of benzene rings is 3. The second-order valence-electron chi connectivity index (χ2n) is 9.66. The van der Waals surface area contributed by atoms with Crippen molar-refractivity contribution in [3.8, 4) is 16.9 Å². The molecule has 0 fully saturated rings. The van der Waals surface area contributed by atoms with Crippen molar-refractivity contribution in [3.05, 3.63) is 130 Å². The number of rotatable bonds is 10. The third kappa shape index (κ3) is 6.88. The molecule has 4 rings (SSSR count). The highest BCUT2D eigenvalue weighted by Crippen LogP contribution is 2.34. The largest absolute Gasteiger partial charge is 0.490 e. The second-order valence-corrected chi connectivity index (χ2v) is 9.66. The average molecular weight is 554 g/mol. The molecule has 9 nitrogen and oxygen atoms in total. The van der Waals surface area contributed by atoms with Crippen molar-refractivity contribution in [2.75, 3.05) is 18.1 Å². The van der Waals surface area contributed by atoms with Crippen LogP contribution in [0.3, 0.4) is 0 Å². The van der Waals surface area contributed by atoms with Crippen LogP contribution in [0, 0.1) is 10.1 Å². The smallest absolute Gasteiger partial charge is 0.336 e. The van der Waals surface area contributed by atoms with E-state index in [1.807, 2.05) is 36.4 Å². The van der Waals surface area contributed by atoms with E-state index in [4.69, 9.17) is 4.74 Å². The molecule has 0 radical (unpaired) electrons. The fourth-order valence-corrected chi connectivity index (χ4v) is 4.47. The molecule has 1 amide bonds. The van der Waals surface area contributed by atoms with E-state index < -0.39 is 10.9 Å². The van der Waals surface area contributed by atoms with E-state index in [2.05, 4.69) is 16.8 Å². The lowest BCUT2D eigenvalue weighted by atomic mass is 9.98. The number of carboxylic acid groups (broad SMARTS) is 1. The summed E-state index contributed by atoms with van der Waals surface area (Å²) in [7, 11) is 0. The number of carbonyl (C=O) groups excluding carboxylic acids is 1. The van der Waals surface area contributed by atoms with Gasteiger partial charge in [0.2, 0.25) is 0 Å². The summed E-state index contributed by atoms with van der Waals surface area (Å²) >= 11 is 0. The van der Waals surface area contributed by atoms with E-state index >= 15 is 0 Å². The van der Waals surface area contributed by atoms with E-state index in [1.165, 1.54) is 12.2 Å². The molecule has 1 heterocycles. The van der Waals surface area contributed by atoms with Gasteiger partial charge < -0.3 is 20.1 Å². The first-order chi connectivity index (χ1) is 19.7. The third-order valence-corrected chi connectivity index (χ3v) is 6.94. The number of carbonyl (C=O) groups is 2. The highest BCUT2D eigenvalue weighted by Gasteiger charge is 2.21. The van der Waals surface area contributed by atoms with Gasteiger partial charge in [0, 0.05) is 30.3 Å². The number of ether oxygens (including phenoxy) is 1. The molecule has 0 spiro atoms. The molecule has 9 heteroatoms. The molecule has 1 atom stereocenters. The first-order valence-corrected chi connectivity index (χ1v) is 13.1. The molecular weight excluding hydrogens is 522 g/mol. The number of nitrogens with zero attached hydrogens (tertiary/aromatic N) is 2. The van der Waals surface area contributed by atoms with Crippen molar-refractivity contribution in [2.45, 2.75) is 26.4 Å². The zero-order chi connectivity index (χ0) is 29.5. The minimum absolute atomic E-state index is 0.126. The third-order valence-electron chi connectivity index (χ3n) is 6.94. The molecule has 2 N–H and O–H groups in total. The predicted molar refractivity (Wildman–Crippen MR) is 158 cm³/mol. The van der Waals surface area contributed by atoms with E-state index in [9.17, 15) is 24.8 Å². The van der Waals surface area contributed by atoms with Gasteiger partial charge in [0.15, 0.2) is 0 Å². The number of nitro groups is 1. The normalized spacial score (nSPS) is 14.0. The molecule has 0 saturated heterocycles. The number of anilines is 1. The standard InChI is InChI=1S/C32H31N3O6/c1-4-26(35(39)40)15-9-21(2)22(3)33-31(36)25-14-16-29-30(19-25)41-18-17-34(29)20-23-10-12-24(13-11-23)27-7-5-6-8-28(27)32(37)38/h4-16,19,22H,1,17-18,20H2,2-3H3,(H,33,36)(H,37,38)/b21-9+,26-15+/t22-/m0/s1. The van der Waals surface area contributed by atoms with Crippen molar-refractivity contribution in [2.24, 2.45) is 0 Å². The maximum absolute atomic E-state index is 13.0. The van der Waals surface area contributed by atoms with Gasteiger partial charge in [0.1, 0.15) is 12.4 Å². The number of allylic oxidation sites excluding steroid dienone is 3. The fraction of sp³-hybridized carbons (Fsp3) is 0.188. The summed E-state index contributed by atoms with van der Waals surface area (Å²) in [6, 6.07) is 19.7. The Bertz CT molecular complexity index is 1540. The number of hydrogen-bond donors (Lipinski definition) is 2. The Labute approximate surface area is 238 Å². The maximum atomic E-state index is 13.0. The predicted octanol–water partition coefficient (Wildman–Crippen LogP) is 5.86. The summed E-state index contributed by atoms with van der Waals surface area (Å²) in [6.07, 6.45) is 4.12. The van der Waals surface area contributed by atoms with Gasteiger partial charge in [-0.2, -0.15) is 0 Å². The first kappa shape index (κ1) is 28.8. The molecule has 3 aromatic carbocycles. The van der Waals surface area contributed by atoms with Gasteiger partial charge in [-0.3, -0.25) is 14.9 Å². The highest BCUT2D eigenvalue weighted by atomic mass is 16.6. The number of fused-ring (bicyclic) bond motifs is 1. The molecule has 210 valence electrons. The number of aromatic carboxylic acids is 1. The number of carboxylic acids is 1. The van der Waals surface area contributed by atoms with Crippen LogP contribution in [0.4, 0.5) is 5.69 Å². The van der Waals surface area contributed by atoms with Gasteiger partial charge in [0.05, 0.1) is 22.7 Å². The topological polar surface area (TPSA) is 122 Å². The molecule has 0 bridgehead atoms. The summed E-state index contributed by atoms with van der Waals surface area (Å²) < 4.78 is 5.88. The maximum Gasteiger partial charge on any atom is 0.336 e. The zero-order valence-corrected chi connectivity index (χ0v) is 22.9. The SMILES string of the molecule is C=C/C(=C\C=C(/C)[C@H](C)NC(=O)c1ccc2c(c1)OCCN2Cc1ccc(-c2ccccc2C(=O)O)cc1)[N+](=O)[O-]. The number of amides is 1. The van der Waals surface area contributed by atoms with Crippen LogP contribution in [-0.2, 0) is 6.54 Å².